The monoisotopic (exact) mass is 354 g/mol. The maximum absolute atomic E-state index is 12.5. The Labute approximate surface area is 142 Å². The zero-order chi connectivity index (χ0) is 16.3. The molecule has 1 unspecified atom stereocenters. The molecule has 2 aromatic carbocycles. The van der Waals surface area contributed by atoms with E-state index in [4.69, 9.17) is 27.9 Å². The molecule has 0 spiro atoms. The van der Waals surface area contributed by atoms with E-state index < -0.39 is 0 Å². The van der Waals surface area contributed by atoms with Crippen LogP contribution in [0.4, 0.5) is 0 Å². The van der Waals surface area contributed by atoms with Gasteiger partial charge in [-0.25, -0.2) is 0 Å². The minimum Gasteiger partial charge on any atom is -0.491 e. The molecule has 0 N–H and O–H groups in total. The van der Waals surface area contributed by atoms with Gasteiger partial charge in [0.15, 0.2) is 5.52 Å². The first-order valence-corrected chi connectivity index (χ1v) is 8.66. The summed E-state index contributed by atoms with van der Waals surface area (Å²) in [5.41, 5.74) is 1.36. The highest BCUT2D eigenvalue weighted by atomic mass is 35.5. The van der Waals surface area contributed by atoms with E-state index >= 15 is 0 Å². The summed E-state index contributed by atoms with van der Waals surface area (Å²) in [6, 6.07) is 10.8. The normalized spacial score (nSPS) is 11.4. The number of benzene rings is 2. The van der Waals surface area contributed by atoms with E-state index in [9.17, 15) is 4.79 Å². The van der Waals surface area contributed by atoms with Crippen LogP contribution in [-0.2, 0) is 0 Å². The maximum Gasteiger partial charge on any atom is 0.188 e. The summed E-state index contributed by atoms with van der Waals surface area (Å²) in [6.45, 7) is 5.93. The van der Waals surface area contributed by atoms with Gasteiger partial charge in [-0.15, -0.1) is 0 Å². The van der Waals surface area contributed by atoms with Gasteiger partial charge in [0.05, 0.1) is 21.7 Å². The lowest BCUT2D eigenvalue weighted by Crippen LogP contribution is -2.09. The average Bonchev–Trinajstić information content (AvgIpc) is 2.41. The fraction of sp³-hybridized carbons (Fsp3) is 0.235. The van der Waals surface area contributed by atoms with Gasteiger partial charge in [0.1, 0.15) is 5.75 Å². The molecule has 2 nitrogen and oxygen atoms in total. The number of carbonyl (C=O) groups excluding carboxylic acids is 1. The molecule has 0 aliphatic heterocycles. The van der Waals surface area contributed by atoms with E-state index in [1.807, 2.05) is 39.0 Å². The van der Waals surface area contributed by atoms with Gasteiger partial charge in [-0.3, -0.25) is 4.79 Å². The van der Waals surface area contributed by atoms with Gasteiger partial charge in [0.25, 0.3) is 0 Å². The molecule has 0 bridgehead atoms. The Morgan fingerprint density at radius 2 is 1.77 bits per heavy atom. The van der Waals surface area contributed by atoms with Crippen LogP contribution in [-0.4, -0.2) is 11.6 Å². The van der Waals surface area contributed by atoms with Gasteiger partial charge in [0.2, 0.25) is 0 Å². The minimum absolute atomic E-state index is 0.0238. The third-order valence-electron chi connectivity index (χ3n) is 3.01. The summed E-state index contributed by atoms with van der Waals surface area (Å²) in [4.78, 5) is 12.5. The Morgan fingerprint density at radius 3 is 2.32 bits per heavy atom. The van der Waals surface area contributed by atoms with Gasteiger partial charge >= 0.3 is 0 Å². The summed E-state index contributed by atoms with van der Waals surface area (Å²) in [5, 5.41) is 1.75. The van der Waals surface area contributed by atoms with E-state index in [1.165, 1.54) is 0 Å². The number of hydrogen-bond acceptors (Lipinski definition) is 2. The predicted octanol–water partition coefficient (Wildman–Crippen LogP) is 5.23. The van der Waals surface area contributed by atoms with Gasteiger partial charge in [0, 0.05) is 0 Å². The highest BCUT2D eigenvalue weighted by Crippen LogP contribution is 2.31. The molecule has 2 aromatic rings. The highest BCUT2D eigenvalue weighted by molar-refractivity contribution is 7.66. The Morgan fingerprint density at radius 1 is 1.14 bits per heavy atom. The van der Waals surface area contributed by atoms with Crippen LogP contribution in [0.5, 0.6) is 5.75 Å². The molecular weight excluding hydrogens is 338 g/mol. The molecule has 1 atom stereocenters. The molecule has 0 saturated heterocycles. The van der Waals surface area contributed by atoms with Gasteiger partial charge in [-0.05, 0) is 64.5 Å². The van der Waals surface area contributed by atoms with Crippen LogP contribution in [0.3, 0.4) is 0 Å². The Bertz CT molecular complexity index is 679. The van der Waals surface area contributed by atoms with Gasteiger partial charge in [-0.1, -0.05) is 35.3 Å². The van der Waals surface area contributed by atoms with Crippen LogP contribution in [0, 0.1) is 6.92 Å². The minimum atomic E-state index is -0.0590. The van der Waals surface area contributed by atoms with Crippen LogP contribution >= 0.6 is 31.8 Å². The van der Waals surface area contributed by atoms with Crippen LogP contribution in [0.2, 0.25) is 10.0 Å². The summed E-state index contributed by atoms with van der Waals surface area (Å²) < 4.78 is 5.65. The first-order valence-electron chi connectivity index (χ1n) is 6.91. The lowest BCUT2D eigenvalue weighted by Gasteiger charge is -2.13. The van der Waals surface area contributed by atoms with E-state index in [-0.39, 0.29) is 20.2 Å². The Balaban J connectivity index is 2.22. The topological polar surface area (TPSA) is 26.3 Å². The van der Waals surface area contributed by atoms with Crippen molar-refractivity contribution in [3.05, 3.63) is 57.6 Å². The smallest absolute Gasteiger partial charge is 0.188 e. The second-order valence-corrected chi connectivity index (χ2v) is 7.25. The van der Waals surface area contributed by atoms with Crippen molar-refractivity contribution in [2.24, 2.45) is 0 Å². The molecule has 0 saturated carbocycles. The third kappa shape index (κ3) is 4.23. The largest absolute Gasteiger partial charge is 0.491 e. The Hall–Kier alpha value is -1.08. The van der Waals surface area contributed by atoms with E-state index in [1.54, 1.807) is 18.2 Å². The molecule has 0 aromatic heterocycles. The lowest BCUT2D eigenvalue weighted by molar-refractivity contribution is 0.108. The van der Waals surface area contributed by atoms with Crippen LogP contribution in [0.15, 0.2) is 36.4 Å². The van der Waals surface area contributed by atoms with Gasteiger partial charge in [-0.2, -0.15) is 0 Å². The SMILES string of the molecule is Cc1cc(OC(C)C)ccc1PC(=O)c1c(Cl)cccc1Cl. The van der Waals surface area contributed by atoms with E-state index in [0.717, 1.165) is 16.6 Å². The predicted molar refractivity (Wildman–Crippen MR) is 95.7 cm³/mol. The lowest BCUT2D eigenvalue weighted by atomic mass is 10.2. The molecule has 2 rings (SSSR count). The number of aryl methyl sites for hydroxylation is 1. The number of carbonyl (C=O) groups is 1. The summed E-state index contributed by atoms with van der Waals surface area (Å²) in [5.74, 6) is 0.810. The van der Waals surface area contributed by atoms with Gasteiger partial charge < -0.3 is 4.74 Å². The molecule has 0 aliphatic carbocycles. The number of ether oxygens (including phenoxy) is 1. The van der Waals surface area contributed by atoms with Crippen LogP contribution in [0.25, 0.3) is 0 Å². The number of halogens is 2. The quantitative estimate of drug-likeness (QED) is 0.687. The van der Waals surface area contributed by atoms with Crippen molar-refractivity contribution >= 4 is 42.6 Å². The zero-order valence-corrected chi connectivity index (χ0v) is 15.1. The van der Waals surface area contributed by atoms with Crippen molar-refractivity contribution in [1.29, 1.82) is 0 Å². The molecule has 0 radical (unpaired) electrons. The molecule has 22 heavy (non-hydrogen) atoms. The molecule has 0 heterocycles. The summed E-state index contributed by atoms with van der Waals surface area (Å²) >= 11 is 12.2. The van der Waals surface area contributed by atoms with Crippen LogP contribution in [0.1, 0.15) is 29.8 Å². The molecule has 0 aliphatic rings. The number of hydrogen-bond donors (Lipinski definition) is 0. The van der Waals surface area contributed by atoms with Crippen LogP contribution < -0.4 is 10.0 Å². The zero-order valence-electron chi connectivity index (χ0n) is 12.6. The van der Waals surface area contributed by atoms with Crippen molar-refractivity contribution in [1.82, 2.24) is 0 Å². The van der Waals surface area contributed by atoms with Crippen molar-refractivity contribution in [2.75, 3.05) is 0 Å². The van der Waals surface area contributed by atoms with Crippen molar-refractivity contribution in [2.45, 2.75) is 26.9 Å². The third-order valence-corrected chi connectivity index (χ3v) is 4.95. The second-order valence-electron chi connectivity index (χ2n) is 5.19. The maximum atomic E-state index is 12.5. The average molecular weight is 355 g/mol. The van der Waals surface area contributed by atoms with Crippen molar-refractivity contribution < 1.29 is 9.53 Å². The number of rotatable bonds is 5. The molecule has 116 valence electrons. The highest BCUT2D eigenvalue weighted by Gasteiger charge is 2.16. The molecule has 0 fully saturated rings. The standard InChI is InChI=1S/C17H17Cl2O2P/c1-10(2)21-12-7-8-15(11(3)9-12)22-17(20)16-13(18)5-4-6-14(16)19/h4-10,22H,1-3H3. The van der Waals surface area contributed by atoms with E-state index in [2.05, 4.69) is 0 Å². The fourth-order valence-corrected chi connectivity index (χ4v) is 3.82. The Kier molecular flexibility index (Phi) is 5.86. The molecule has 0 amide bonds. The first kappa shape index (κ1) is 17.3. The van der Waals surface area contributed by atoms with Crippen molar-refractivity contribution in [3.63, 3.8) is 0 Å². The molecule has 5 heteroatoms. The van der Waals surface area contributed by atoms with E-state index in [0.29, 0.717) is 15.6 Å². The molecular formula is C17H17Cl2O2P. The summed E-state index contributed by atoms with van der Waals surface area (Å²) in [6.07, 6.45) is 0.122. The summed E-state index contributed by atoms with van der Waals surface area (Å²) in [7, 11) is -0.0238. The first-order chi connectivity index (χ1) is 10.4. The fourth-order valence-electron chi connectivity index (χ4n) is 2.02. The van der Waals surface area contributed by atoms with Crippen molar-refractivity contribution in [3.8, 4) is 5.75 Å². The second kappa shape index (κ2) is 7.46.